The second-order valence-corrected chi connectivity index (χ2v) is 5.40. The van der Waals surface area contributed by atoms with Crippen molar-refractivity contribution in [2.24, 2.45) is 5.41 Å². The molecule has 1 aliphatic rings. The fourth-order valence-corrected chi connectivity index (χ4v) is 2.16. The highest BCUT2D eigenvalue weighted by atomic mass is 16.4. The summed E-state index contributed by atoms with van der Waals surface area (Å²) in [5, 5.41) is 11.4. The van der Waals surface area contributed by atoms with Crippen LogP contribution in [0.15, 0.2) is 0 Å². The number of amides is 2. The van der Waals surface area contributed by atoms with Crippen molar-refractivity contribution >= 4 is 12.0 Å². The Kier molecular flexibility index (Phi) is 5.22. The van der Waals surface area contributed by atoms with E-state index >= 15 is 0 Å². The molecule has 1 aliphatic heterocycles. The molecule has 0 aromatic heterocycles. The monoisotopic (exact) mass is 266 g/mol. The van der Waals surface area contributed by atoms with Crippen LogP contribution >= 0.6 is 0 Å². The van der Waals surface area contributed by atoms with Crippen LogP contribution in [0.2, 0.25) is 0 Å². The lowest BCUT2D eigenvalue weighted by molar-refractivity contribution is -0.139. The van der Waals surface area contributed by atoms with Crippen LogP contribution in [0.3, 0.4) is 0 Å². The third-order valence-electron chi connectivity index (χ3n) is 4.03. The van der Waals surface area contributed by atoms with Gasteiger partial charge in [0.25, 0.3) is 0 Å². The van der Waals surface area contributed by atoms with E-state index in [2.05, 4.69) is 25.1 Å². The molecular weight excluding hydrogens is 244 g/mol. The molecule has 0 saturated carbocycles. The zero-order chi connectivity index (χ0) is 14.5. The van der Waals surface area contributed by atoms with Gasteiger partial charge < -0.3 is 15.3 Å². The third kappa shape index (κ3) is 4.16. The summed E-state index contributed by atoms with van der Waals surface area (Å²) in [6, 6.07) is -1.34. The molecule has 0 aliphatic carbocycles. The number of hydrogen-bond acceptors (Lipinski definition) is 2. The van der Waals surface area contributed by atoms with E-state index in [1.165, 1.54) is 0 Å². The maximum atomic E-state index is 12.0. The van der Waals surface area contributed by atoms with Crippen LogP contribution in [0.1, 0.15) is 39.5 Å². The van der Waals surface area contributed by atoms with Crippen molar-refractivity contribution in [1.29, 1.82) is 0 Å². The minimum Gasteiger partial charge on any atom is -0.480 e. The van der Waals surface area contributed by atoms with Crippen LogP contribution in [0.5, 0.6) is 0 Å². The molecule has 5 nitrogen and oxygen atoms in total. The summed E-state index contributed by atoms with van der Waals surface area (Å²) in [7, 11) is 0. The van der Waals surface area contributed by atoms with Crippen molar-refractivity contribution in [1.82, 2.24) is 10.2 Å². The number of carboxylic acid groups (broad SMARTS) is 1. The second kappa shape index (κ2) is 6.46. The van der Waals surface area contributed by atoms with Gasteiger partial charge in [0, 0.05) is 19.5 Å². The molecule has 1 fully saturated rings. The van der Waals surface area contributed by atoms with E-state index in [1.54, 1.807) is 4.90 Å². The van der Waals surface area contributed by atoms with E-state index in [-0.39, 0.29) is 12.5 Å². The topological polar surface area (TPSA) is 69.6 Å². The first kappa shape index (κ1) is 15.4. The molecule has 2 N–H and O–H groups in total. The molecule has 0 bridgehead atoms. The SMILES string of the molecule is C#CCC(NC(=O)N1CCC(C)(CC)CC1)C(=O)O. The van der Waals surface area contributed by atoms with Gasteiger partial charge >= 0.3 is 12.0 Å². The summed E-state index contributed by atoms with van der Waals surface area (Å²) < 4.78 is 0. The van der Waals surface area contributed by atoms with Gasteiger partial charge in [-0.25, -0.2) is 9.59 Å². The Morgan fingerprint density at radius 2 is 2.05 bits per heavy atom. The Morgan fingerprint density at radius 1 is 1.47 bits per heavy atom. The summed E-state index contributed by atoms with van der Waals surface area (Å²) in [6.45, 7) is 5.71. The second-order valence-electron chi connectivity index (χ2n) is 5.40. The van der Waals surface area contributed by atoms with Crippen molar-refractivity contribution in [3.05, 3.63) is 0 Å². The number of aliphatic carboxylic acids is 1. The molecule has 2 amide bonds. The zero-order valence-electron chi connectivity index (χ0n) is 11.6. The van der Waals surface area contributed by atoms with Crippen molar-refractivity contribution in [3.63, 3.8) is 0 Å². The van der Waals surface area contributed by atoms with Gasteiger partial charge in [-0.05, 0) is 18.3 Å². The van der Waals surface area contributed by atoms with E-state index in [0.29, 0.717) is 18.5 Å². The highest BCUT2D eigenvalue weighted by Crippen LogP contribution is 2.33. The standard InChI is InChI=1S/C14H22N2O3/c1-4-6-11(12(17)18)15-13(19)16-9-7-14(3,5-2)8-10-16/h1,11H,5-10H2,2-3H3,(H,15,19)(H,17,18). The van der Waals surface area contributed by atoms with Gasteiger partial charge in [-0.1, -0.05) is 20.3 Å². The number of carbonyl (C=O) groups excluding carboxylic acids is 1. The number of hydrogen-bond donors (Lipinski definition) is 2. The molecule has 0 aromatic carbocycles. The third-order valence-corrected chi connectivity index (χ3v) is 4.03. The Bertz CT molecular complexity index is 379. The first-order valence-electron chi connectivity index (χ1n) is 6.63. The summed E-state index contributed by atoms with van der Waals surface area (Å²) >= 11 is 0. The van der Waals surface area contributed by atoms with Crippen LogP contribution in [-0.2, 0) is 4.79 Å². The number of urea groups is 1. The molecule has 1 heterocycles. The Morgan fingerprint density at radius 3 is 2.47 bits per heavy atom. The molecule has 0 aromatic rings. The number of likely N-dealkylation sites (tertiary alicyclic amines) is 1. The molecular formula is C14H22N2O3. The van der Waals surface area contributed by atoms with E-state index in [4.69, 9.17) is 11.5 Å². The van der Waals surface area contributed by atoms with E-state index < -0.39 is 12.0 Å². The Balaban J connectivity index is 2.51. The molecule has 1 atom stereocenters. The van der Waals surface area contributed by atoms with E-state index in [1.807, 2.05) is 0 Å². The van der Waals surface area contributed by atoms with E-state index in [0.717, 1.165) is 19.3 Å². The van der Waals surface area contributed by atoms with Gasteiger partial charge in [0.05, 0.1) is 0 Å². The highest BCUT2D eigenvalue weighted by Gasteiger charge is 2.31. The summed E-state index contributed by atoms with van der Waals surface area (Å²) in [4.78, 5) is 24.6. The number of piperidine rings is 1. The van der Waals surface area contributed by atoms with Crippen molar-refractivity contribution < 1.29 is 14.7 Å². The Labute approximate surface area is 114 Å². The lowest BCUT2D eigenvalue weighted by atomic mass is 9.78. The predicted octanol–water partition coefficient (Wildman–Crippen LogP) is 1.68. The number of rotatable bonds is 4. The first-order chi connectivity index (χ1) is 8.91. The normalized spacial score (nSPS) is 19.3. The number of nitrogens with zero attached hydrogens (tertiary/aromatic N) is 1. The average molecular weight is 266 g/mol. The summed E-state index contributed by atoms with van der Waals surface area (Å²) in [6.07, 6.45) is 8.09. The lowest BCUT2D eigenvalue weighted by Gasteiger charge is -2.39. The maximum absolute atomic E-state index is 12.0. The molecule has 5 heteroatoms. The maximum Gasteiger partial charge on any atom is 0.327 e. The molecule has 1 rings (SSSR count). The van der Waals surface area contributed by atoms with Crippen molar-refractivity contribution in [2.45, 2.75) is 45.6 Å². The summed E-state index contributed by atoms with van der Waals surface area (Å²) in [5.41, 5.74) is 0.293. The van der Waals surface area contributed by atoms with Crippen LogP contribution in [0.25, 0.3) is 0 Å². The molecule has 0 spiro atoms. The quantitative estimate of drug-likeness (QED) is 0.761. The molecule has 1 unspecified atom stereocenters. The lowest BCUT2D eigenvalue weighted by Crippen LogP contribution is -2.51. The summed E-state index contributed by atoms with van der Waals surface area (Å²) in [5.74, 6) is 1.17. The van der Waals surface area contributed by atoms with E-state index in [9.17, 15) is 9.59 Å². The van der Waals surface area contributed by atoms with Gasteiger partial charge in [-0.2, -0.15) is 0 Å². The average Bonchev–Trinajstić information content (AvgIpc) is 2.38. The smallest absolute Gasteiger partial charge is 0.327 e. The van der Waals surface area contributed by atoms with Gasteiger partial charge in [-0.3, -0.25) is 0 Å². The van der Waals surface area contributed by atoms with Crippen LogP contribution in [-0.4, -0.2) is 41.1 Å². The number of nitrogens with one attached hydrogen (secondary N) is 1. The van der Waals surface area contributed by atoms with Gasteiger partial charge in [0.1, 0.15) is 6.04 Å². The van der Waals surface area contributed by atoms with Crippen LogP contribution in [0, 0.1) is 17.8 Å². The minimum absolute atomic E-state index is 0.00158. The molecule has 1 saturated heterocycles. The minimum atomic E-state index is -1.10. The van der Waals surface area contributed by atoms with Crippen LogP contribution < -0.4 is 5.32 Å². The molecule has 19 heavy (non-hydrogen) atoms. The first-order valence-corrected chi connectivity index (χ1v) is 6.63. The van der Waals surface area contributed by atoms with Gasteiger partial charge in [0.2, 0.25) is 0 Å². The largest absolute Gasteiger partial charge is 0.480 e. The zero-order valence-corrected chi connectivity index (χ0v) is 11.6. The molecule has 106 valence electrons. The van der Waals surface area contributed by atoms with Crippen molar-refractivity contribution in [2.75, 3.05) is 13.1 Å². The fraction of sp³-hybridized carbons (Fsp3) is 0.714. The van der Waals surface area contributed by atoms with Crippen LogP contribution in [0.4, 0.5) is 4.79 Å². The Hall–Kier alpha value is -1.70. The van der Waals surface area contributed by atoms with Gasteiger partial charge in [-0.15, -0.1) is 12.3 Å². The number of carbonyl (C=O) groups is 2. The number of carboxylic acids is 1. The number of terminal acetylenes is 1. The predicted molar refractivity (Wildman–Crippen MR) is 72.6 cm³/mol. The fourth-order valence-electron chi connectivity index (χ4n) is 2.16. The molecule has 0 radical (unpaired) electrons. The highest BCUT2D eigenvalue weighted by molar-refractivity contribution is 5.82. The van der Waals surface area contributed by atoms with Crippen molar-refractivity contribution in [3.8, 4) is 12.3 Å². The van der Waals surface area contributed by atoms with Gasteiger partial charge in [0.15, 0.2) is 0 Å².